The van der Waals surface area contributed by atoms with Crippen molar-refractivity contribution in [2.75, 3.05) is 32.4 Å². The van der Waals surface area contributed by atoms with Crippen LogP contribution in [-0.4, -0.2) is 88.6 Å². The maximum absolute atomic E-state index is 13.8. The number of likely N-dealkylation sites (N-methyl/N-ethyl adjacent to an activating group) is 1. The number of amides is 2. The zero-order chi connectivity index (χ0) is 37.2. The minimum Gasteiger partial charge on any atom is -0.507 e. The predicted octanol–water partition coefficient (Wildman–Crippen LogP) is 3.66. The van der Waals surface area contributed by atoms with Crippen LogP contribution in [0.4, 0.5) is 5.69 Å². The average molecular weight is 727 g/mol. The summed E-state index contributed by atoms with van der Waals surface area (Å²) in [4.78, 5) is 32.0. The van der Waals surface area contributed by atoms with Crippen molar-refractivity contribution in [3.63, 3.8) is 0 Å². The maximum atomic E-state index is 13.8. The van der Waals surface area contributed by atoms with Crippen molar-refractivity contribution < 1.29 is 34.0 Å². The third kappa shape index (κ3) is 5.46. The van der Waals surface area contributed by atoms with E-state index < -0.39 is 30.1 Å². The Labute approximate surface area is 307 Å². The van der Waals surface area contributed by atoms with Gasteiger partial charge in [0.1, 0.15) is 17.8 Å². The molecule has 3 aromatic rings. The van der Waals surface area contributed by atoms with Crippen LogP contribution in [0.3, 0.4) is 0 Å². The third-order valence-corrected chi connectivity index (χ3v) is 11.3. The number of fused-ring (bicyclic) bond motifs is 9. The summed E-state index contributed by atoms with van der Waals surface area (Å²) in [5, 5.41) is 40.4. The predicted molar refractivity (Wildman–Crippen MR) is 196 cm³/mol. The number of hydrogen-bond acceptors (Lipinski definition) is 11. The summed E-state index contributed by atoms with van der Waals surface area (Å²) in [6, 6.07) is 10.4. The molecule has 4 aliphatic rings. The molecule has 7 rings (SSSR count). The van der Waals surface area contributed by atoms with Gasteiger partial charge in [-0.1, -0.05) is 24.3 Å². The Balaban J connectivity index is 1.26. The Kier molecular flexibility index (Phi) is 9.14. The molecular weight excluding hydrogens is 685 g/mol. The van der Waals surface area contributed by atoms with E-state index in [1.54, 1.807) is 38.1 Å². The van der Waals surface area contributed by atoms with Gasteiger partial charge in [-0.2, -0.15) is 5.26 Å². The Bertz CT molecular complexity index is 2020. The Morgan fingerprint density at radius 2 is 1.83 bits per heavy atom. The van der Waals surface area contributed by atoms with Gasteiger partial charge >= 0.3 is 0 Å². The van der Waals surface area contributed by atoms with E-state index in [1.165, 1.54) is 18.9 Å². The monoisotopic (exact) mass is 726 g/mol. The number of aromatic hydroxyl groups is 2. The van der Waals surface area contributed by atoms with Crippen LogP contribution in [0.5, 0.6) is 28.7 Å². The van der Waals surface area contributed by atoms with E-state index >= 15 is 0 Å². The van der Waals surface area contributed by atoms with Gasteiger partial charge in [-0.15, -0.1) is 0 Å². The zero-order valence-corrected chi connectivity index (χ0v) is 30.7. The fourth-order valence-electron chi connectivity index (χ4n) is 8.73. The van der Waals surface area contributed by atoms with Crippen LogP contribution in [0, 0.1) is 25.2 Å². The van der Waals surface area contributed by atoms with Crippen LogP contribution in [0.2, 0.25) is 0 Å². The van der Waals surface area contributed by atoms with E-state index in [0.29, 0.717) is 52.5 Å². The van der Waals surface area contributed by atoms with Gasteiger partial charge in [0.15, 0.2) is 28.1 Å². The molecule has 1 saturated heterocycles. The van der Waals surface area contributed by atoms with Crippen molar-refractivity contribution in [2.45, 2.75) is 76.8 Å². The highest BCUT2D eigenvalue weighted by Crippen LogP contribution is 2.58. The van der Waals surface area contributed by atoms with E-state index in [4.69, 9.17) is 26.4 Å². The molecule has 13 nitrogen and oxygen atoms in total. The van der Waals surface area contributed by atoms with E-state index in [0.717, 1.165) is 16.7 Å². The lowest BCUT2D eigenvalue weighted by molar-refractivity contribution is -0.123. The van der Waals surface area contributed by atoms with Crippen LogP contribution in [0.1, 0.15) is 59.3 Å². The molecular formula is C38H42N6O7S. The number of phenols is 2. The molecule has 0 saturated carbocycles. The number of aryl methyl sites for hydroxylation is 1. The number of rotatable bonds is 6. The fourth-order valence-corrected chi connectivity index (χ4v) is 9.14. The molecule has 4 heterocycles. The van der Waals surface area contributed by atoms with Gasteiger partial charge in [-0.25, -0.2) is 0 Å². The lowest BCUT2D eigenvalue weighted by atomic mass is 9.71. The molecule has 4 N–H and O–H groups in total. The molecule has 14 heteroatoms. The molecule has 2 bridgehead atoms. The standard InChI is InChI=1S/C38H42N6O7S/c1-18-12-22-13-25-27(15-39)44-26(31(42(25)5)29(22)33(47)34(18)49-6)14-24-30(36-35(50-17-51-36)19(2)32(24)46)28(44)16-40-37(48)20(3)41-38(52)43(21(4)45)23-10-8-7-9-11-23/h7-12,20,25-28,31,46-47H,13-14,16-17H2,1-6H3,(H,40,48)(H,41,52)/t20-,25-,26?,27-,28-,31-/m0/s1. The third-order valence-electron chi connectivity index (χ3n) is 11.0. The van der Waals surface area contributed by atoms with Gasteiger partial charge in [0.25, 0.3) is 0 Å². The van der Waals surface area contributed by atoms with Crippen molar-refractivity contribution in [1.29, 1.82) is 5.26 Å². The van der Waals surface area contributed by atoms with E-state index in [9.17, 15) is 25.1 Å². The summed E-state index contributed by atoms with van der Waals surface area (Å²) >= 11 is 5.58. The van der Waals surface area contributed by atoms with Crippen molar-refractivity contribution in [2.24, 2.45) is 0 Å². The number of benzene rings is 3. The van der Waals surface area contributed by atoms with Crippen molar-refractivity contribution in [3.05, 3.63) is 69.8 Å². The zero-order valence-electron chi connectivity index (χ0n) is 29.9. The molecule has 3 aromatic carbocycles. The topological polar surface area (TPSA) is 160 Å². The van der Waals surface area contributed by atoms with Crippen LogP contribution in [0.25, 0.3) is 0 Å². The largest absolute Gasteiger partial charge is 0.507 e. The first-order valence-electron chi connectivity index (χ1n) is 17.3. The number of nitrogens with one attached hydrogen (secondary N) is 2. The van der Waals surface area contributed by atoms with Gasteiger partial charge in [0, 0.05) is 47.8 Å². The summed E-state index contributed by atoms with van der Waals surface area (Å²) in [7, 11) is 3.50. The van der Waals surface area contributed by atoms with Gasteiger partial charge in [-0.3, -0.25) is 24.3 Å². The number of methoxy groups -OCH3 is 1. The molecule has 52 heavy (non-hydrogen) atoms. The smallest absolute Gasteiger partial charge is 0.242 e. The van der Waals surface area contributed by atoms with Crippen LogP contribution in [-0.2, 0) is 22.4 Å². The fraction of sp³-hybridized carbons (Fsp3) is 0.421. The van der Waals surface area contributed by atoms with E-state index in [2.05, 4.69) is 26.5 Å². The number of nitriles is 1. The molecule has 1 fully saturated rings. The minimum absolute atomic E-state index is 0.0307. The molecule has 0 aromatic heterocycles. The highest BCUT2D eigenvalue weighted by molar-refractivity contribution is 7.80. The summed E-state index contributed by atoms with van der Waals surface area (Å²) in [5.41, 5.74) is 4.91. The first-order chi connectivity index (χ1) is 24.9. The molecule has 1 unspecified atom stereocenters. The number of piperazine rings is 1. The van der Waals surface area contributed by atoms with Gasteiger partial charge < -0.3 is 35.1 Å². The molecule has 4 aliphatic heterocycles. The maximum Gasteiger partial charge on any atom is 0.242 e. The van der Waals surface area contributed by atoms with E-state index in [1.807, 2.05) is 26.1 Å². The van der Waals surface area contributed by atoms with Crippen LogP contribution in [0.15, 0.2) is 36.4 Å². The van der Waals surface area contributed by atoms with E-state index in [-0.39, 0.29) is 47.9 Å². The second-order valence-electron chi connectivity index (χ2n) is 13.9. The number of para-hydroxylation sites is 1. The van der Waals surface area contributed by atoms with Gasteiger partial charge in [0.05, 0.1) is 31.0 Å². The Morgan fingerprint density at radius 1 is 1.12 bits per heavy atom. The number of thiocarbonyl (C=S) groups is 1. The van der Waals surface area contributed by atoms with Crippen molar-refractivity contribution >= 4 is 34.8 Å². The Morgan fingerprint density at radius 3 is 2.50 bits per heavy atom. The van der Waals surface area contributed by atoms with Crippen molar-refractivity contribution in [1.82, 2.24) is 20.4 Å². The summed E-state index contributed by atoms with van der Waals surface area (Å²) < 4.78 is 17.5. The highest BCUT2D eigenvalue weighted by atomic mass is 32.1. The lowest BCUT2D eigenvalue weighted by Gasteiger charge is -2.60. The number of hydrogen-bond donors (Lipinski definition) is 4. The molecule has 0 spiro atoms. The number of carbonyl (C=O) groups is 2. The highest BCUT2D eigenvalue weighted by Gasteiger charge is 2.56. The van der Waals surface area contributed by atoms with Crippen molar-refractivity contribution in [3.8, 4) is 34.8 Å². The number of anilines is 1. The molecule has 0 aliphatic carbocycles. The van der Waals surface area contributed by atoms with Crippen LogP contribution < -0.4 is 29.7 Å². The molecule has 272 valence electrons. The first kappa shape index (κ1) is 35.3. The number of phenolic OH excluding ortho intramolecular Hbond substituents is 2. The second-order valence-corrected chi connectivity index (χ2v) is 14.3. The number of carbonyl (C=O) groups excluding carboxylic acids is 2. The molecule has 0 radical (unpaired) electrons. The summed E-state index contributed by atoms with van der Waals surface area (Å²) in [5.74, 6) is 0.752. The SMILES string of the molecule is COc1c(C)cc2c(c1O)[C@@H]1C3Cc4c(O)c(C)c5c(c4[C@H](CNC(=O)[C@H](C)NC(=S)N(C(C)=O)c4ccccc4)N3[C@@H](C#N)[C@H](C2)N1C)OCO5. The van der Waals surface area contributed by atoms with Gasteiger partial charge in [-0.05, 0) is 76.1 Å². The molecule has 6 atom stereocenters. The quantitative estimate of drug-likeness (QED) is 0.274. The lowest BCUT2D eigenvalue weighted by Crippen LogP contribution is -2.69. The number of ether oxygens (including phenoxy) is 3. The molecule has 2 amide bonds. The summed E-state index contributed by atoms with van der Waals surface area (Å²) in [6.45, 7) is 6.74. The average Bonchev–Trinajstić information content (AvgIpc) is 3.60. The van der Waals surface area contributed by atoms with Gasteiger partial charge in [0.2, 0.25) is 18.6 Å². The summed E-state index contributed by atoms with van der Waals surface area (Å²) in [6.07, 6.45) is 0.849. The Hall–Kier alpha value is -5.10. The first-order valence-corrected chi connectivity index (χ1v) is 17.7. The van der Waals surface area contributed by atoms with Crippen LogP contribution >= 0.6 is 12.2 Å². The second kappa shape index (κ2) is 13.5. The number of nitrogens with zero attached hydrogens (tertiary/aromatic N) is 4. The minimum atomic E-state index is -0.841. The normalized spacial score (nSPS) is 23.3.